The number of rotatable bonds is 7. The Labute approximate surface area is 144 Å². The fourth-order valence-electron chi connectivity index (χ4n) is 2.86. The molecule has 2 aromatic rings. The highest BCUT2D eigenvalue weighted by Gasteiger charge is 2.34. The van der Waals surface area contributed by atoms with E-state index < -0.39 is 11.6 Å². The average molecular weight is 344 g/mol. The van der Waals surface area contributed by atoms with Gasteiger partial charge in [-0.1, -0.05) is 12.1 Å². The second kappa shape index (κ2) is 7.53. The molecule has 0 unspecified atom stereocenters. The maximum absolute atomic E-state index is 13.5. The zero-order valence-corrected chi connectivity index (χ0v) is 13.6. The van der Waals surface area contributed by atoms with Crippen LogP contribution < -0.4 is 5.32 Å². The number of hydrogen-bond acceptors (Lipinski definition) is 3. The number of carbonyl (C=O) groups excluding carboxylic acids is 2. The lowest BCUT2D eigenvalue weighted by molar-refractivity contribution is 0.0651. The summed E-state index contributed by atoms with van der Waals surface area (Å²) in [5.74, 6) is -1.42. The van der Waals surface area contributed by atoms with Crippen LogP contribution >= 0.6 is 0 Å². The minimum atomic E-state index is -0.469. The number of amides is 2. The van der Waals surface area contributed by atoms with Crippen molar-refractivity contribution in [3.05, 3.63) is 70.8 Å². The number of benzene rings is 2. The van der Waals surface area contributed by atoms with E-state index in [0.29, 0.717) is 37.1 Å². The first-order valence-corrected chi connectivity index (χ1v) is 8.18. The Morgan fingerprint density at radius 1 is 0.920 bits per heavy atom. The predicted molar refractivity (Wildman–Crippen MR) is 89.1 cm³/mol. The molecule has 25 heavy (non-hydrogen) atoms. The zero-order chi connectivity index (χ0) is 17.8. The molecule has 0 aromatic heterocycles. The quantitative estimate of drug-likeness (QED) is 0.620. The molecule has 0 radical (unpaired) electrons. The van der Waals surface area contributed by atoms with Crippen LogP contribution in [-0.2, 0) is 6.54 Å². The lowest BCUT2D eigenvalue weighted by Gasteiger charge is -2.13. The van der Waals surface area contributed by atoms with Crippen molar-refractivity contribution in [2.45, 2.75) is 19.4 Å². The Morgan fingerprint density at radius 2 is 1.60 bits per heavy atom. The minimum Gasteiger partial charge on any atom is -0.313 e. The molecule has 1 heterocycles. The molecule has 0 aliphatic carbocycles. The Hall–Kier alpha value is -2.60. The van der Waals surface area contributed by atoms with Crippen LogP contribution in [0.25, 0.3) is 0 Å². The summed E-state index contributed by atoms with van der Waals surface area (Å²) in [5.41, 5.74) is 1.18. The van der Waals surface area contributed by atoms with E-state index in [4.69, 9.17) is 0 Å². The van der Waals surface area contributed by atoms with Crippen molar-refractivity contribution >= 4 is 11.8 Å². The average Bonchev–Trinajstić information content (AvgIpc) is 2.86. The highest BCUT2D eigenvalue weighted by Crippen LogP contribution is 2.22. The van der Waals surface area contributed by atoms with E-state index >= 15 is 0 Å². The van der Waals surface area contributed by atoms with Gasteiger partial charge in [-0.3, -0.25) is 14.5 Å². The van der Waals surface area contributed by atoms with E-state index in [-0.39, 0.29) is 23.9 Å². The molecule has 4 nitrogen and oxygen atoms in total. The van der Waals surface area contributed by atoms with Crippen molar-refractivity contribution in [3.8, 4) is 0 Å². The molecular weight excluding hydrogens is 326 g/mol. The molecule has 1 N–H and O–H groups in total. The third-order valence-corrected chi connectivity index (χ3v) is 4.19. The highest BCUT2D eigenvalue weighted by molar-refractivity contribution is 6.21. The standard InChI is InChI=1S/C19H18F2N2O2/c20-14-7-8-17(21)13(11-14)12-22-9-3-4-10-23-18(24)15-5-1-2-6-16(15)19(23)25/h1-2,5-8,11,22H,3-4,9-10,12H2. The smallest absolute Gasteiger partial charge is 0.261 e. The van der Waals surface area contributed by atoms with Crippen molar-refractivity contribution in [1.82, 2.24) is 10.2 Å². The number of hydrogen-bond donors (Lipinski definition) is 1. The summed E-state index contributed by atoms with van der Waals surface area (Å²) in [7, 11) is 0. The highest BCUT2D eigenvalue weighted by atomic mass is 19.1. The fourth-order valence-corrected chi connectivity index (χ4v) is 2.86. The van der Waals surface area contributed by atoms with Gasteiger partial charge in [0.05, 0.1) is 11.1 Å². The first-order chi connectivity index (χ1) is 12.1. The predicted octanol–water partition coefficient (Wildman–Crippen LogP) is 3.13. The van der Waals surface area contributed by atoms with Gasteiger partial charge in [0.25, 0.3) is 11.8 Å². The fraction of sp³-hybridized carbons (Fsp3) is 0.263. The SMILES string of the molecule is O=C1c2ccccc2C(=O)N1CCCCNCc1cc(F)ccc1F. The van der Waals surface area contributed by atoms with Crippen LogP contribution in [0, 0.1) is 11.6 Å². The Kier molecular flexibility index (Phi) is 5.19. The van der Waals surface area contributed by atoms with Gasteiger partial charge in [-0.2, -0.15) is 0 Å². The molecule has 0 spiro atoms. The van der Waals surface area contributed by atoms with Crippen LogP contribution in [0.15, 0.2) is 42.5 Å². The number of nitrogens with zero attached hydrogens (tertiary/aromatic N) is 1. The van der Waals surface area contributed by atoms with E-state index in [1.54, 1.807) is 24.3 Å². The number of unbranched alkanes of at least 4 members (excludes halogenated alkanes) is 1. The summed E-state index contributed by atoms with van der Waals surface area (Å²) in [6.45, 7) is 1.16. The Balaban J connectivity index is 1.42. The summed E-state index contributed by atoms with van der Waals surface area (Å²) < 4.78 is 26.5. The van der Waals surface area contributed by atoms with E-state index in [1.807, 2.05) is 0 Å². The molecule has 0 saturated heterocycles. The van der Waals surface area contributed by atoms with Gasteiger partial charge in [0.1, 0.15) is 11.6 Å². The van der Waals surface area contributed by atoms with Crippen molar-refractivity contribution < 1.29 is 18.4 Å². The zero-order valence-electron chi connectivity index (χ0n) is 13.6. The largest absolute Gasteiger partial charge is 0.313 e. The van der Waals surface area contributed by atoms with Gasteiger partial charge in [-0.05, 0) is 49.7 Å². The summed E-state index contributed by atoms with van der Waals surface area (Å²) in [6, 6.07) is 10.2. The monoisotopic (exact) mass is 344 g/mol. The van der Waals surface area contributed by atoms with Crippen LogP contribution in [0.4, 0.5) is 8.78 Å². The normalized spacial score (nSPS) is 13.4. The second-order valence-corrected chi connectivity index (χ2v) is 5.93. The van der Waals surface area contributed by atoms with Gasteiger partial charge in [0.15, 0.2) is 0 Å². The number of carbonyl (C=O) groups is 2. The van der Waals surface area contributed by atoms with E-state index in [9.17, 15) is 18.4 Å². The van der Waals surface area contributed by atoms with Gasteiger partial charge < -0.3 is 5.32 Å². The summed E-state index contributed by atoms with van der Waals surface area (Å²) in [5, 5.41) is 3.04. The van der Waals surface area contributed by atoms with E-state index in [1.165, 1.54) is 11.0 Å². The van der Waals surface area contributed by atoms with Crippen molar-refractivity contribution in [2.24, 2.45) is 0 Å². The number of imide groups is 1. The van der Waals surface area contributed by atoms with Crippen molar-refractivity contribution in [2.75, 3.05) is 13.1 Å². The second-order valence-electron chi connectivity index (χ2n) is 5.93. The van der Waals surface area contributed by atoms with E-state index in [2.05, 4.69) is 5.32 Å². The van der Waals surface area contributed by atoms with Gasteiger partial charge in [0, 0.05) is 18.7 Å². The Morgan fingerprint density at radius 3 is 2.28 bits per heavy atom. The maximum atomic E-state index is 13.5. The molecule has 0 fully saturated rings. The molecule has 130 valence electrons. The third kappa shape index (κ3) is 3.74. The number of fused-ring (bicyclic) bond motifs is 1. The lowest BCUT2D eigenvalue weighted by atomic mass is 10.1. The third-order valence-electron chi connectivity index (χ3n) is 4.19. The van der Waals surface area contributed by atoms with Crippen molar-refractivity contribution in [1.29, 1.82) is 0 Å². The molecule has 2 aromatic carbocycles. The molecule has 6 heteroatoms. The van der Waals surface area contributed by atoms with Gasteiger partial charge in [-0.15, -0.1) is 0 Å². The lowest BCUT2D eigenvalue weighted by Crippen LogP contribution is -2.31. The van der Waals surface area contributed by atoms with Crippen LogP contribution in [0.3, 0.4) is 0 Å². The summed E-state index contributed by atoms with van der Waals surface area (Å²) >= 11 is 0. The van der Waals surface area contributed by atoms with Crippen LogP contribution in [0.2, 0.25) is 0 Å². The molecule has 0 saturated carbocycles. The van der Waals surface area contributed by atoms with Gasteiger partial charge >= 0.3 is 0 Å². The van der Waals surface area contributed by atoms with Crippen molar-refractivity contribution in [3.63, 3.8) is 0 Å². The summed E-state index contributed by atoms with van der Waals surface area (Å²) in [4.78, 5) is 25.6. The number of nitrogens with one attached hydrogen (secondary N) is 1. The van der Waals surface area contributed by atoms with E-state index in [0.717, 1.165) is 12.1 Å². The molecule has 0 bridgehead atoms. The summed E-state index contributed by atoms with van der Waals surface area (Å²) in [6.07, 6.45) is 1.36. The molecular formula is C19H18F2N2O2. The van der Waals surface area contributed by atoms with Gasteiger partial charge in [0.2, 0.25) is 0 Å². The number of halogens is 2. The van der Waals surface area contributed by atoms with Gasteiger partial charge in [-0.25, -0.2) is 8.78 Å². The molecule has 0 atom stereocenters. The topological polar surface area (TPSA) is 49.4 Å². The first-order valence-electron chi connectivity index (χ1n) is 8.18. The Bertz CT molecular complexity index is 773. The minimum absolute atomic E-state index is 0.233. The molecule has 1 aliphatic rings. The molecule has 1 aliphatic heterocycles. The molecule has 2 amide bonds. The first kappa shape index (κ1) is 17.2. The van der Waals surface area contributed by atoms with Crippen LogP contribution in [0.5, 0.6) is 0 Å². The maximum Gasteiger partial charge on any atom is 0.261 e. The molecule has 3 rings (SSSR count). The van der Waals surface area contributed by atoms with Crippen LogP contribution in [0.1, 0.15) is 39.1 Å². The van der Waals surface area contributed by atoms with Crippen LogP contribution in [-0.4, -0.2) is 29.8 Å².